The van der Waals surface area contributed by atoms with Gasteiger partial charge in [0.15, 0.2) is 0 Å². The van der Waals surface area contributed by atoms with Gasteiger partial charge in [-0.05, 0) is 161 Å². The maximum Gasteiger partial charge on any atom is 0.123 e. The van der Waals surface area contributed by atoms with Gasteiger partial charge in [-0.15, -0.1) is 0 Å². The third-order valence-corrected chi connectivity index (χ3v) is 31.1. The number of benzene rings is 9. The number of nitrogens with zero attached hydrogens (tertiary/aromatic N) is 2. The molecule has 7 aliphatic rings. The molecule has 0 bridgehead atoms. The van der Waals surface area contributed by atoms with Crippen LogP contribution in [0.25, 0.3) is 28.3 Å². The highest BCUT2D eigenvalue weighted by molar-refractivity contribution is 7.05. The van der Waals surface area contributed by atoms with Crippen LogP contribution in [0.1, 0.15) is 91.8 Å². The number of hydrogen-bond acceptors (Lipinski definition) is 2. The maximum atomic E-state index is 2.61. The average Bonchev–Trinajstić information content (AvgIpc) is 4.37. The Morgan fingerprint density at radius 1 is 0.474 bits per heavy atom. The van der Waals surface area contributed by atoms with Crippen LogP contribution in [0.2, 0.25) is 24.2 Å². The van der Waals surface area contributed by atoms with Crippen molar-refractivity contribution >= 4 is 77.1 Å². The van der Waals surface area contributed by atoms with Gasteiger partial charge in [-0.2, -0.15) is 0 Å². The molecule has 3 heterocycles. The van der Waals surface area contributed by atoms with Crippen molar-refractivity contribution in [1.82, 2.24) is 0 Å². The molecule has 4 heteroatoms. The lowest BCUT2D eigenvalue weighted by Crippen LogP contribution is -2.61. The van der Waals surface area contributed by atoms with Crippen molar-refractivity contribution in [3.05, 3.63) is 269 Å². The summed E-state index contributed by atoms with van der Waals surface area (Å²) in [7, 11) is -3.80. The largest absolute Gasteiger partial charge is 0.311 e. The summed E-state index contributed by atoms with van der Waals surface area (Å²) in [5.74, 6) is 0.386. The Morgan fingerprint density at radius 2 is 0.949 bits per heavy atom. The van der Waals surface area contributed by atoms with Gasteiger partial charge in [-0.1, -0.05) is 228 Å². The highest BCUT2D eigenvalue weighted by atomic mass is 28.3. The first kappa shape index (κ1) is 46.3. The Hall–Kier alpha value is -7.77. The number of para-hydroxylation sites is 4. The summed E-state index contributed by atoms with van der Waals surface area (Å²) >= 11 is 0. The Balaban J connectivity index is 0.774. The summed E-state index contributed by atoms with van der Waals surface area (Å²) in [6.07, 6.45) is 13.5. The van der Waals surface area contributed by atoms with Crippen LogP contribution in [0.5, 0.6) is 0 Å². The van der Waals surface area contributed by atoms with Gasteiger partial charge in [0.2, 0.25) is 0 Å². The van der Waals surface area contributed by atoms with E-state index in [2.05, 4.69) is 262 Å². The van der Waals surface area contributed by atoms with Gasteiger partial charge in [0.25, 0.3) is 0 Å². The number of rotatable bonds is 6. The van der Waals surface area contributed by atoms with Crippen LogP contribution < -0.4 is 30.5 Å². The summed E-state index contributed by atoms with van der Waals surface area (Å²) in [5.41, 5.74) is 25.2. The second kappa shape index (κ2) is 16.9. The maximum absolute atomic E-state index is 2.61. The Morgan fingerprint density at radius 3 is 1.54 bits per heavy atom. The van der Waals surface area contributed by atoms with Crippen molar-refractivity contribution in [2.24, 2.45) is 0 Å². The van der Waals surface area contributed by atoms with E-state index in [1.54, 1.807) is 20.7 Å². The number of fused-ring (bicyclic) bond motifs is 19. The quantitative estimate of drug-likeness (QED) is 0.153. The molecule has 4 aliphatic carbocycles. The zero-order valence-corrected chi connectivity index (χ0v) is 47.3. The van der Waals surface area contributed by atoms with E-state index in [9.17, 15) is 0 Å². The van der Waals surface area contributed by atoms with E-state index < -0.39 is 21.6 Å². The van der Waals surface area contributed by atoms with Gasteiger partial charge < -0.3 is 9.80 Å². The first-order valence-corrected chi connectivity index (χ1v) is 33.8. The Bertz CT molecular complexity index is 3980. The zero-order valence-electron chi connectivity index (χ0n) is 45.3. The molecule has 0 aromatic heterocycles. The minimum absolute atomic E-state index is 0.108. The molecule has 0 amide bonds. The molecule has 9 aromatic rings. The first-order valence-electron chi connectivity index (χ1n) is 29.0. The standard InChI is InChI=1S/C74H64N2Si2/c1-5-77(6-2)69-29-15-11-25-65(69)76(66-26-12-16-30-70(66)77)52-38-42-58-57-40-36-50(46-63(57)74(64(58)48-52)59-23-9-7-21-53(59)54-22-8-10-24-60(54)74)34-33-49-35-39-55-56-41-37-51(47-62(56)73(3,4)61(55)45-49)75-67-27-13-17-31-71(67)78(43-19-20-44-78)72-32-18-14-28-68(72)75/h7-18,21-38,40-42,45-48,55H,5-6,19-20,39,43-44H2,1-4H3/b34-33+. The van der Waals surface area contributed by atoms with E-state index in [1.165, 1.54) is 143 Å². The van der Waals surface area contributed by atoms with E-state index in [-0.39, 0.29) is 5.41 Å². The van der Waals surface area contributed by atoms with Gasteiger partial charge in [0.1, 0.15) is 16.1 Å². The summed E-state index contributed by atoms with van der Waals surface area (Å²) in [5, 5.41) is 6.38. The van der Waals surface area contributed by atoms with E-state index in [4.69, 9.17) is 0 Å². The number of hydrogen-bond donors (Lipinski definition) is 0. The molecule has 1 fully saturated rings. The van der Waals surface area contributed by atoms with Crippen molar-refractivity contribution in [2.45, 2.75) is 87.9 Å². The van der Waals surface area contributed by atoms with Crippen LogP contribution in [0.3, 0.4) is 0 Å². The molecule has 9 aromatic carbocycles. The molecular formula is C74H64N2Si2. The second-order valence-corrected chi connectivity index (χ2v) is 32.9. The Kier molecular flexibility index (Phi) is 10.0. The smallest absolute Gasteiger partial charge is 0.123 e. The predicted molar refractivity (Wildman–Crippen MR) is 334 cm³/mol. The van der Waals surface area contributed by atoms with Crippen LogP contribution in [-0.4, -0.2) is 16.1 Å². The fourth-order valence-corrected chi connectivity index (χ4v) is 27.0. The minimum Gasteiger partial charge on any atom is -0.311 e. The van der Waals surface area contributed by atoms with Gasteiger partial charge in [-0.3, -0.25) is 0 Å². The summed E-state index contributed by atoms with van der Waals surface area (Å²) in [6.45, 7) is 9.80. The fraction of sp³-hybridized carbons (Fsp3) is 0.189. The zero-order chi connectivity index (χ0) is 52.1. The van der Waals surface area contributed by atoms with Crippen molar-refractivity contribution in [1.29, 1.82) is 0 Å². The molecule has 1 unspecified atom stereocenters. The van der Waals surface area contributed by atoms with E-state index >= 15 is 0 Å². The fourth-order valence-electron chi connectivity index (χ4n) is 16.9. The van der Waals surface area contributed by atoms with Crippen molar-refractivity contribution < 1.29 is 0 Å². The van der Waals surface area contributed by atoms with E-state index in [1.807, 2.05) is 0 Å². The monoisotopic (exact) mass is 1040 g/mol. The minimum atomic E-state index is -1.99. The lowest BCUT2D eigenvalue weighted by atomic mass is 9.70. The topological polar surface area (TPSA) is 6.48 Å². The van der Waals surface area contributed by atoms with Crippen LogP contribution in [0, 0.1) is 0 Å². The number of allylic oxidation sites excluding steroid dienone is 5. The highest BCUT2D eigenvalue weighted by Gasteiger charge is 2.53. The van der Waals surface area contributed by atoms with Crippen molar-refractivity contribution in [3.63, 3.8) is 0 Å². The van der Waals surface area contributed by atoms with Crippen LogP contribution in [0.4, 0.5) is 34.1 Å². The van der Waals surface area contributed by atoms with E-state index in [0.29, 0.717) is 5.92 Å². The van der Waals surface area contributed by atoms with Gasteiger partial charge in [0.05, 0.1) is 5.41 Å². The molecule has 0 N–H and O–H groups in total. The molecule has 1 saturated heterocycles. The predicted octanol–water partition coefficient (Wildman–Crippen LogP) is 16.9. The third-order valence-electron chi connectivity index (χ3n) is 20.5. The molecule has 16 rings (SSSR count). The lowest BCUT2D eigenvalue weighted by molar-refractivity contribution is 0.611. The summed E-state index contributed by atoms with van der Waals surface area (Å²) in [6, 6.07) is 83.3. The highest BCUT2D eigenvalue weighted by Crippen LogP contribution is 2.64. The molecule has 78 heavy (non-hydrogen) atoms. The van der Waals surface area contributed by atoms with Crippen molar-refractivity contribution in [3.8, 4) is 22.3 Å². The molecule has 378 valence electrons. The molecule has 1 atom stereocenters. The van der Waals surface area contributed by atoms with Crippen LogP contribution in [0.15, 0.2) is 230 Å². The van der Waals surface area contributed by atoms with Gasteiger partial charge >= 0.3 is 0 Å². The Labute approximate surface area is 462 Å². The molecule has 3 aliphatic heterocycles. The van der Waals surface area contributed by atoms with Gasteiger partial charge in [-0.25, -0.2) is 0 Å². The summed E-state index contributed by atoms with van der Waals surface area (Å²) in [4.78, 5) is 5.20. The molecule has 0 radical (unpaired) electrons. The lowest BCUT2D eigenvalue weighted by Gasteiger charge is -2.44. The third kappa shape index (κ3) is 6.03. The van der Waals surface area contributed by atoms with Crippen LogP contribution >= 0.6 is 0 Å². The second-order valence-electron chi connectivity index (χ2n) is 24.0. The molecule has 2 spiro atoms. The average molecular weight is 1040 g/mol. The SMILES string of the molecule is CC[Si]1(CC)c2ccccc2N(c2ccc3c(c2)C2(c4ccccc4-c4ccccc42)c2cc(/C=C/C4=CCC5C(=C4)C(C)(C)c4cc(N6c7ccccc7[Si]7(CCCC7)c7ccccc76)ccc45)ccc2-3)c2ccccc21. The molecule has 0 saturated carbocycles. The summed E-state index contributed by atoms with van der Waals surface area (Å²) < 4.78 is 0. The van der Waals surface area contributed by atoms with Crippen LogP contribution in [-0.2, 0) is 10.8 Å². The van der Waals surface area contributed by atoms with Gasteiger partial charge in [0, 0.05) is 45.5 Å². The first-order chi connectivity index (χ1) is 38.3. The number of anilines is 6. The molecule has 2 nitrogen and oxygen atoms in total. The van der Waals surface area contributed by atoms with Crippen molar-refractivity contribution in [2.75, 3.05) is 9.80 Å². The normalized spacial score (nSPS) is 19.2. The van der Waals surface area contributed by atoms with E-state index in [0.717, 1.165) is 6.42 Å². The molecular weight excluding hydrogens is 973 g/mol.